The molecule has 1 N–H and O–H groups in total. The summed E-state index contributed by atoms with van der Waals surface area (Å²) in [5, 5.41) is 13.3. The predicted molar refractivity (Wildman–Crippen MR) is 38.5 cm³/mol. The lowest BCUT2D eigenvalue weighted by molar-refractivity contribution is 0.168. The Hall–Kier alpha value is -0.830. The van der Waals surface area contributed by atoms with Gasteiger partial charge in [0.05, 0.1) is 11.8 Å². The number of hydrogen-bond acceptors (Lipinski definition) is 2. The SMILES string of the molecule is CCC(O)c1ccn(C)n1. The molecule has 0 bridgehead atoms. The molecule has 3 nitrogen and oxygen atoms in total. The third-order valence-electron chi connectivity index (χ3n) is 1.46. The van der Waals surface area contributed by atoms with Gasteiger partial charge in [-0.2, -0.15) is 5.10 Å². The maximum atomic E-state index is 9.27. The molecule has 0 radical (unpaired) electrons. The summed E-state index contributed by atoms with van der Waals surface area (Å²) in [6.45, 7) is 1.93. The molecule has 1 aromatic heterocycles. The van der Waals surface area contributed by atoms with Crippen LogP contribution < -0.4 is 0 Å². The van der Waals surface area contributed by atoms with Crippen LogP contribution in [0.1, 0.15) is 25.1 Å². The zero-order valence-corrected chi connectivity index (χ0v) is 6.28. The molecule has 0 aliphatic rings. The highest BCUT2D eigenvalue weighted by Crippen LogP contribution is 2.11. The van der Waals surface area contributed by atoms with Crippen LogP contribution in [0.5, 0.6) is 0 Å². The molecule has 1 atom stereocenters. The van der Waals surface area contributed by atoms with Gasteiger partial charge in [0.2, 0.25) is 0 Å². The summed E-state index contributed by atoms with van der Waals surface area (Å²) in [4.78, 5) is 0. The summed E-state index contributed by atoms with van der Waals surface area (Å²) in [7, 11) is 1.84. The summed E-state index contributed by atoms with van der Waals surface area (Å²) in [6.07, 6.45) is 2.15. The standard InChI is InChI=1S/C7H12N2O/c1-3-7(10)6-4-5-9(2)8-6/h4-5,7,10H,3H2,1-2H3. The number of hydrogen-bond donors (Lipinski definition) is 1. The number of aromatic nitrogens is 2. The summed E-state index contributed by atoms with van der Waals surface area (Å²) in [6, 6.07) is 1.83. The number of aliphatic hydroxyl groups excluding tert-OH is 1. The van der Waals surface area contributed by atoms with Gasteiger partial charge in [-0.3, -0.25) is 4.68 Å². The number of aliphatic hydroxyl groups is 1. The first-order chi connectivity index (χ1) is 4.74. The van der Waals surface area contributed by atoms with E-state index in [1.165, 1.54) is 0 Å². The molecular weight excluding hydrogens is 128 g/mol. The summed E-state index contributed by atoms with van der Waals surface area (Å²) < 4.78 is 1.69. The van der Waals surface area contributed by atoms with Crippen LogP contribution in [0.25, 0.3) is 0 Å². The Morgan fingerprint density at radius 1 is 1.80 bits per heavy atom. The van der Waals surface area contributed by atoms with Gasteiger partial charge in [0.25, 0.3) is 0 Å². The van der Waals surface area contributed by atoms with E-state index in [9.17, 15) is 5.11 Å². The molecule has 3 heteroatoms. The number of nitrogens with zero attached hydrogens (tertiary/aromatic N) is 2. The quantitative estimate of drug-likeness (QED) is 0.661. The average molecular weight is 140 g/mol. The summed E-state index contributed by atoms with van der Waals surface area (Å²) in [5.74, 6) is 0. The third kappa shape index (κ3) is 1.36. The third-order valence-corrected chi connectivity index (χ3v) is 1.46. The molecule has 1 heterocycles. The molecule has 0 fully saturated rings. The molecule has 56 valence electrons. The van der Waals surface area contributed by atoms with Gasteiger partial charge in [0.15, 0.2) is 0 Å². The lowest BCUT2D eigenvalue weighted by Gasteiger charge is -2.00. The Morgan fingerprint density at radius 3 is 2.90 bits per heavy atom. The highest BCUT2D eigenvalue weighted by molar-refractivity contribution is 5.01. The fourth-order valence-electron chi connectivity index (χ4n) is 0.820. The molecule has 0 amide bonds. The lowest BCUT2D eigenvalue weighted by atomic mass is 10.2. The van der Waals surface area contributed by atoms with Crippen molar-refractivity contribution in [2.45, 2.75) is 19.4 Å². The van der Waals surface area contributed by atoms with E-state index in [-0.39, 0.29) is 0 Å². The first kappa shape index (κ1) is 7.28. The van der Waals surface area contributed by atoms with Crippen LogP contribution in [0.3, 0.4) is 0 Å². The lowest BCUT2D eigenvalue weighted by Crippen LogP contribution is -1.97. The molecule has 0 saturated carbocycles. The molecule has 0 aliphatic heterocycles. The van der Waals surface area contributed by atoms with Crippen molar-refractivity contribution < 1.29 is 5.11 Å². The first-order valence-electron chi connectivity index (χ1n) is 3.41. The fourth-order valence-corrected chi connectivity index (χ4v) is 0.820. The van der Waals surface area contributed by atoms with Gasteiger partial charge < -0.3 is 5.11 Å². The van der Waals surface area contributed by atoms with E-state index in [2.05, 4.69) is 5.10 Å². The van der Waals surface area contributed by atoms with Crippen LogP contribution in [-0.4, -0.2) is 14.9 Å². The fraction of sp³-hybridized carbons (Fsp3) is 0.571. The molecule has 0 aliphatic carbocycles. The largest absolute Gasteiger partial charge is 0.387 e. The van der Waals surface area contributed by atoms with Crippen LogP contribution in [0.2, 0.25) is 0 Å². The highest BCUT2D eigenvalue weighted by Gasteiger charge is 2.05. The van der Waals surface area contributed by atoms with Crippen molar-refractivity contribution in [2.24, 2.45) is 7.05 Å². The van der Waals surface area contributed by atoms with Crippen LogP contribution in [0.4, 0.5) is 0 Å². The summed E-state index contributed by atoms with van der Waals surface area (Å²) >= 11 is 0. The van der Waals surface area contributed by atoms with E-state index in [4.69, 9.17) is 0 Å². The van der Waals surface area contributed by atoms with Crippen LogP contribution in [-0.2, 0) is 7.05 Å². The zero-order chi connectivity index (χ0) is 7.56. The molecule has 0 saturated heterocycles. The minimum atomic E-state index is -0.402. The molecule has 1 unspecified atom stereocenters. The predicted octanol–water partition coefficient (Wildman–Crippen LogP) is 0.863. The van der Waals surface area contributed by atoms with Gasteiger partial charge in [-0.05, 0) is 12.5 Å². The van der Waals surface area contributed by atoms with Gasteiger partial charge in [0.1, 0.15) is 0 Å². The van der Waals surface area contributed by atoms with Crippen molar-refractivity contribution in [3.8, 4) is 0 Å². The minimum Gasteiger partial charge on any atom is -0.387 e. The Morgan fingerprint density at radius 2 is 2.50 bits per heavy atom. The van der Waals surface area contributed by atoms with Crippen molar-refractivity contribution in [3.63, 3.8) is 0 Å². The van der Waals surface area contributed by atoms with E-state index < -0.39 is 6.10 Å². The van der Waals surface area contributed by atoms with Gasteiger partial charge >= 0.3 is 0 Å². The monoisotopic (exact) mass is 140 g/mol. The van der Waals surface area contributed by atoms with Crippen molar-refractivity contribution in [2.75, 3.05) is 0 Å². The Bertz CT molecular complexity index is 207. The number of rotatable bonds is 2. The van der Waals surface area contributed by atoms with Crippen LogP contribution in [0, 0.1) is 0 Å². The van der Waals surface area contributed by atoms with Crippen molar-refractivity contribution in [1.82, 2.24) is 9.78 Å². The molecule has 0 spiro atoms. The second-order valence-electron chi connectivity index (χ2n) is 2.34. The minimum absolute atomic E-state index is 0.402. The van der Waals surface area contributed by atoms with E-state index >= 15 is 0 Å². The molecule has 1 rings (SSSR count). The van der Waals surface area contributed by atoms with Gasteiger partial charge in [-0.1, -0.05) is 6.92 Å². The molecule has 0 aromatic carbocycles. The normalized spacial score (nSPS) is 13.5. The molecular formula is C7H12N2O. The topological polar surface area (TPSA) is 38.0 Å². The second kappa shape index (κ2) is 2.84. The van der Waals surface area contributed by atoms with E-state index in [0.29, 0.717) is 0 Å². The molecule has 1 aromatic rings. The Kier molecular flexibility index (Phi) is 2.06. The number of aryl methyl sites for hydroxylation is 1. The zero-order valence-electron chi connectivity index (χ0n) is 6.28. The maximum absolute atomic E-state index is 9.27. The van der Waals surface area contributed by atoms with E-state index in [1.54, 1.807) is 4.68 Å². The van der Waals surface area contributed by atoms with Gasteiger partial charge in [-0.15, -0.1) is 0 Å². The van der Waals surface area contributed by atoms with Crippen molar-refractivity contribution in [1.29, 1.82) is 0 Å². The Balaban J connectivity index is 2.74. The van der Waals surface area contributed by atoms with Gasteiger partial charge in [-0.25, -0.2) is 0 Å². The highest BCUT2D eigenvalue weighted by atomic mass is 16.3. The van der Waals surface area contributed by atoms with Crippen molar-refractivity contribution in [3.05, 3.63) is 18.0 Å². The van der Waals surface area contributed by atoms with E-state index in [1.807, 2.05) is 26.2 Å². The summed E-state index contributed by atoms with van der Waals surface area (Å²) in [5.41, 5.74) is 0.755. The second-order valence-corrected chi connectivity index (χ2v) is 2.34. The first-order valence-corrected chi connectivity index (χ1v) is 3.41. The van der Waals surface area contributed by atoms with Crippen LogP contribution in [0.15, 0.2) is 12.3 Å². The van der Waals surface area contributed by atoms with Crippen molar-refractivity contribution >= 4 is 0 Å². The smallest absolute Gasteiger partial charge is 0.0975 e. The van der Waals surface area contributed by atoms with E-state index in [0.717, 1.165) is 12.1 Å². The maximum Gasteiger partial charge on any atom is 0.0975 e. The average Bonchev–Trinajstić information content (AvgIpc) is 2.34. The van der Waals surface area contributed by atoms with Crippen LogP contribution >= 0.6 is 0 Å². The van der Waals surface area contributed by atoms with Gasteiger partial charge in [0, 0.05) is 13.2 Å². The Labute approximate surface area is 60.3 Å². The molecule has 10 heavy (non-hydrogen) atoms.